The van der Waals surface area contributed by atoms with E-state index in [1.54, 1.807) is 22.8 Å². The maximum atomic E-state index is 11.2. The number of aromatic nitrogens is 2. The Labute approximate surface area is 97.1 Å². The SMILES string of the molecule is CCn1c(C(=O)Cl)nc2ccc(C#N)cc21. The lowest BCUT2D eigenvalue weighted by Crippen LogP contribution is -2.04. The summed E-state index contributed by atoms with van der Waals surface area (Å²) in [6.45, 7) is 2.47. The zero-order valence-corrected chi connectivity index (χ0v) is 9.32. The lowest BCUT2D eigenvalue weighted by molar-refractivity contribution is 0.106. The van der Waals surface area contributed by atoms with Crippen molar-refractivity contribution in [3.63, 3.8) is 0 Å². The van der Waals surface area contributed by atoms with Gasteiger partial charge in [-0.25, -0.2) is 4.98 Å². The molecular weight excluding hydrogens is 226 g/mol. The predicted octanol–water partition coefficient (Wildman–Crippen LogP) is 2.31. The predicted molar refractivity (Wildman–Crippen MR) is 60.3 cm³/mol. The van der Waals surface area contributed by atoms with Gasteiger partial charge in [0.2, 0.25) is 0 Å². The molecule has 0 fully saturated rings. The number of halogens is 1. The molecule has 1 aromatic carbocycles. The smallest absolute Gasteiger partial charge is 0.288 e. The second-order valence-corrected chi connectivity index (χ2v) is 3.61. The summed E-state index contributed by atoms with van der Waals surface area (Å²) in [6.07, 6.45) is 0. The van der Waals surface area contributed by atoms with Gasteiger partial charge in [0.1, 0.15) is 0 Å². The van der Waals surface area contributed by atoms with Crippen LogP contribution in [0, 0.1) is 11.3 Å². The first-order chi connectivity index (χ1) is 7.67. The largest absolute Gasteiger partial charge is 0.321 e. The number of rotatable bonds is 2. The van der Waals surface area contributed by atoms with E-state index in [9.17, 15) is 4.79 Å². The van der Waals surface area contributed by atoms with Crippen molar-refractivity contribution in [2.45, 2.75) is 13.5 Å². The van der Waals surface area contributed by atoms with Gasteiger partial charge in [-0.05, 0) is 36.7 Å². The van der Waals surface area contributed by atoms with Gasteiger partial charge in [0.25, 0.3) is 5.24 Å². The minimum absolute atomic E-state index is 0.217. The molecule has 1 heterocycles. The Morgan fingerprint density at radius 1 is 1.62 bits per heavy atom. The molecule has 0 aliphatic carbocycles. The number of carbonyl (C=O) groups excluding carboxylic acids is 1. The minimum Gasteiger partial charge on any atom is -0.321 e. The molecule has 0 N–H and O–H groups in total. The van der Waals surface area contributed by atoms with Crippen LogP contribution in [-0.2, 0) is 6.54 Å². The molecule has 2 aromatic rings. The molecule has 0 aliphatic rings. The van der Waals surface area contributed by atoms with E-state index < -0.39 is 5.24 Å². The molecule has 0 bridgehead atoms. The highest BCUT2D eigenvalue weighted by Gasteiger charge is 2.14. The Kier molecular flexibility index (Phi) is 2.63. The van der Waals surface area contributed by atoms with Crippen LogP contribution in [0.1, 0.15) is 23.1 Å². The number of fused-ring (bicyclic) bond motifs is 1. The number of hydrogen-bond donors (Lipinski definition) is 0. The Balaban J connectivity index is 2.79. The van der Waals surface area contributed by atoms with Crippen LogP contribution in [-0.4, -0.2) is 14.8 Å². The van der Waals surface area contributed by atoms with Gasteiger partial charge < -0.3 is 4.57 Å². The van der Waals surface area contributed by atoms with Crippen LogP contribution in [0.15, 0.2) is 18.2 Å². The molecule has 5 heteroatoms. The van der Waals surface area contributed by atoms with E-state index in [0.29, 0.717) is 17.6 Å². The van der Waals surface area contributed by atoms with Crippen molar-refractivity contribution in [3.05, 3.63) is 29.6 Å². The highest BCUT2D eigenvalue weighted by atomic mass is 35.5. The van der Waals surface area contributed by atoms with Gasteiger partial charge in [0.15, 0.2) is 5.82 Å². The van der Waals surface area contributed by atoms with Crippen molar-refractivity contribution in [1.82, 2.24) is 9.55 Å². The van der Waals surface area contributed by atoms with Gasteiger partial charge in [-0.2, -0.15) is 5.26 Å². The number of imidazole rings is 1. The van der Waals surface area contributed by atoms with Gasteiger partial charge in [-0.15, -0.1) is 0 Å². The second-order valence-electron chi connectivity index (χ2n) is 3.27. The summed E-state index contributed by atoms with van der Waals surface area (Å²) in [5.41, 5.74) is 1.96. The van der Waals surface area contributed by atoms with Crippen LogP contribution in [0.25, 0.3) is 11.0 Å². The molecule has 0 amide bonds. The molecule has 80 valence electrons. The highest BCUT2D eigenvalue weighted by molar-refractivity contribution is 6.67. The number of aryl methyl sites for hydroxylation is 1. The van der Waals surface area contributed by atoms with E-state index in [1.165, 1.54) is 0 Å². The van der Waals surface area contributed by atoms with Crippen molar-refractivity contribution >= 4 is 27.9 Å². The van der Waals surface area contributed by atoms with Crippen LogP contribution in [0.3, 0.4) is 0 Å². The first-order valence-corrected chi connectivity index (χ1v) is 5.15. The average Bonchev–Trinajstić information content (AvgIpc) is 2.66. The normalized spacial score (nSPS) is 10.3. The molecule has 0 atom stereocenters. The molecule has 0 saturated carbocycles. The van der Waals surface area contributed by atoms with E-state index in [1.807, 2.05) is 13.0 Å². The Bertz CT molecular complexity index is 609. The van der Waals surface area contributed by atoms with Gasteiger partial charge in [-0.1, -0.05) is 0 Å². The van der Waals surface area contributed by atoms with E-state index in [-0.39, 0.29) is 5.82 Å². The molecule has 16 heavy (non-hydrogen) atoms. The summed E-state index contributed by atoms with van der Waals surface area (Å²) < 4.78 is 1.70. The maximum Gasteiger partial charge on any atom is 0.288 e. The van der Waals surface area contributed by atoms with Gasteiger partial charge in [0.05, 0.1) is 22.7 Å². The quantitative estimate of drug-likeness (QED) is 0.748. The lowest BCUT2D eigenvalue weighted by atomic mass is 10.2. The topological polar surface area (TPSA) is 58.7 Å². The van der Waals surface area contributed by atoms with Crippen molar-refractivity contribution in [2.24, 2.45) is 0 Å². The summed E-state index contributed by atoms with van der Waals surface area (Å²) in [4.78, 5) is 15.3. The third-order valence-electron chi connectivity index (χ3n) is 2.37. The first-order valence-electron chi connectivity index (χ1n) is 4.77. The van der Waals surface area contributed by atoms with Crippen LogP contribution in [0.2, 0.25) is 0 Å². The fourth-order valence-corrected chi connectivity index (χ4v) is 1.81. The van der Waals surface area contributed by atoms with E-state index >= 15 is 0 Å². The van der Waals surface area contributed by atoms with Crippen molar-refractivity contribution in [1.29, 1.82) is 5.26 Å². The van der Waals surface area contributed by atoms with Crippen LogP contribution < -0.4 is 0 Å². The molecule has 0 unspecified atom stereocenters. The Morgan fingerprint density at radius 2 is 2.38 bits per heavy atom. The molecule has 2 rings (SSSR count). The Morgan fingerprint density at radius 3 is 2.94 bits per heavy atom. The summed E-state index contributed by atoms with van der Waals surface area (Å²) >= 11 is 5.44. The number of hydrogen-bond acceptors (Lipinski definition) is 3. The number of nitriles is 1. The maximum absolute atomic E-state index is 11.2. The molecule has 0 radical (unpaired) electrons. The van der Waals surface area contributed by atoms with E-state index in [2.05, 4.69) is 4.98 Å². The number of benzene rings is 1. The first kappa shape index (κ1) is 10.7. The minimum atomic E-state index is -0.587. The summed E-state index contributed by atoms with van der Waals surface area (Å²) in [6, 6.07) is 7.13. The molecule has 0 aliphatic heterocycles. The molecule has 0 saturated heterocycles. The Hall–Kier alpha value is -1.86. The van der Waals surface area contributed by atoms with E-state index in [0.717, 1.165) is 5.52 Å². The monoisotopic (exact) mass is 233 g/mol. The van der Waals surface area contributed by atoms with Crippen LogP contribution >= 0.6 is 11.6 Å². The summed E-state index contributed by atoms with van der Waals surface area (Å²) in [5.74, 6) is 0.217. The fourth-order valence-electron chi connectivity index (χ4n) is 1.66. The number of nitrogens with zero attached hydrogens (tertiary/aromatic N) is 3. The average molecular weight is 234 g/mol. The molecular formula is C11H8ClN3O. The highest BCUT2D eigenvalue weighted by Crippen LogP contribution is 2.18. The zero-order valence-electron chi connectivity index (χ0n) is 8.57. The molecule has 4 nitrogen and oxygen atoms in total. The molecule has 0 spiro atoms. The van der Waals surface area contributed by atoms with Gasteiger partial charge in [-0.3, -0.25) is 4.79 Å². The fraction of sp³-hybridized carbons (Fsp3) is 0.182. The third-order valence-corrected chi connectivity index (χ3v) is 2.54. The van der Waals surface area contributed by atoms with Crippen molar-refractivity contribution < 1.29 is 4.79 Å². The zero-order chi connectivity index (χ0) is 11.7. The summed E-state index contributed by atoms with van der Waals surface area (Å²) in [5, 5.41) is 8.22. The van der Waals surface area contributed by atoms with Crippen molar-refractivity contribution in [3.8, 4) is 6.07 Å². The van der Waals surface area contributed by atoms with Crippen LogP contribution in [0.4, 0.5) is 0 Å². The van der Waals surface area contributed by atoms with Crippen molar-refractivity contribution in [2.75, 3.05) is 0 Å². The standard InChI is InChI=1S/C11H8ClN3O/c1-2-15-9-5-7(6-13)3-4-8(9)14-11(15)10(12)16/h3-5H,2H2,1H3. The lowest BCUT2D eigenvalue weighted by Gasteiger charge is -2.01. The number of carbonyl (C=O) groups is 1. The summed E-state index contributed by atoms with van der Waals surface area (Å²) in [7, 11) is 0. The van der Waals surface area contributed by atoms with Gasteiger partial charge in [0, 0.05) is 6.54 Å². The van der Waals surface area contributed by atoms with Gasteiger partial charge >= 0.3 is 0 Å². The third kappa shape index (κ3) is 1.55. The molecule has 1 aromatic heterocycles. The van der Waals surface area contributed by atoms with E-state index in [4.69, 9.17) is 16.9 Å². The second kappa shape index (κ2) is 3.95. The van der Waals surface area contributed by atoms with Crippen LogP contribution in [0.5, 0.6) is 0 Å².